The molecule has 0 fully saturated rings. The minimum Gasteiger partial charge on any atom is -0.481 e. The quantitative estimate of drug-likeness (QED) is 0.641. The molecule has 1 heterocycles. The summed E-state index contributed by atoms with van der Waals surface area (Å²) in [5, 5.41) is 13.9. The Morgan fingerprint density at radius 3 is 2.58 bits per heavy atom. The average Bonchev–Trinajstić information content (AvgIpc) is 2.83. The number of unbranched alkanes of at least 4 members (excludes halogenated alkanes) is 1. The van der Waals surface area contributed by atoms with Crippen LogP contribution in [0.4, 0.5) is 4.79 Å². The van der Waals surface area contributed by atoms with Gasteiger partial charge in [-0.15, -0.1) is 11.3 Å². The van der Waals surface area contributed by atoms with E-state index >= 15 is 0 Å². The lowest BCUT2D eigenvalue weighted by Gasteiger charge is -2.06. The third-order valence-corrected chi connectivity index (χ3v) is 3.82. The van der Waals surface area contributed by atoms with Gasteiger partial charge in [0.2, 0.25) is 0 Å². The van der Waals surface area contributed by atoms with Crippen LogP contribution < -0.4 is 10.6 Å². The second-order valence-electron chi connectivity index (χ2n) is 4.18. The second-order valence-corrected chi connectivity index (χ2v) is 5.43. The Bertz CT molecular complexity index is 418. The smallest absolute Gasteiger partial charge is 0.315 e. The average molecular weight is 284 g/mol. The molecule has 1 aromatic rings. The van der Waals surface area contributed by atoms with E-state index in [0.717, 1.165) is 11.3 Å². The van der Waals surface area contributed by atoms with Crippen LogP contribution in [0.5, 0.6) is 0 Å². The maximum Gasteiger partial charge on any atom is 0.315 e. The molecule has 0 bridgehead atoms. The number of carbonyl (C=O) groups excluding carboxylic acids is 1. The van der Waals surface area contributed by atoms with Crippen molar-refractivity contribution >= 4 is 23.3 Å². The highest BCUT2D eigenvalue weighted by Crippen LogP contribution is 2.16. The molecule has 106 valence electrons. The van der Waals surface area contributed by atoms with Gasteiger partial charge in [-0.05, 0) is 31.4 Å². The first kappa shape index (κ1) is 15.5. The number of nitrogens with one attached hydrogen (secondary N) is 2. The van der Waals surface area contributed by atoms with Crippen LogP contribution in [0.25, 0.3) is 0 Å². The van der Waals surface area contributed by atoms with Crippen molar-refractivity contribution in [1.82, 2.24) is 10.6 Å². The molecule has 5 nitrogen and oxygen atoms in total. The van der Waals surface area contributed by atoms with Crippen molar-refractivity contribution in [1.29, 1.82) is 0 Å². The molecule has 3 N–H and O–H groups in total. The highest BCUT2D eigenvalue weighted by Gasteiger charge is 2.02. The predicted molar refractivity (Wildman–Crippen MR) is 75.4 cm³/mol. The molecule has 6 heteroatoms. The molecule has 19 heavy (non-hydrogen) atoms. The molecular formula is C13H20N2O3S. The fourth-order valence-electron chi connectivity index (χ4n) is 1.54. The first-order valence-corrected chi connectivity index (χ1v) is 7.24. The van der Waals surface area contributed by atoms with Crippen molar-refractivity contribution in [2.45, 2.75) is 39.2 Å². The number of aryl methyl sites for hydroxylation is 1. The van der Waals surface area contributed by atoms with Crippen LogP contribution in [0, 0.1) is 0 Å². The number of rotatable bonds is 8. The number of amides is 2. The van der Waals surface area contributed by atoms with Gasteiger partial charge in [-0.3, -0.25) is 4.79 Å². The second kappa shape index (κ2) is 8.53. The Morgan fingerprint density at radius 1 is 1.21 bits per heavy atom. The zero-order valence-electron chi connectivity index (χ0n) is 11.1. The van der Waals surface area contributed by atoms with Crippen molar-refractivity contribution in [3.8, 4) is 0 Å². The third-order valence-electron chi connectivity index (χ3n) is 2.59. The third kappa shape index (κ3) is 6.81. The monoisotopic (exact) mass is 284 g/mol. The minimum absolute atomic E-state index is 0.151. The fourth-order valence-corrected chi connectivity index (χ4v) is 2.44. The molecule has 0 unspecified atom stereocenters. The Labute approximate surface area is 117 Å². The summed E-state index contributed by atoms with van der Waals surface area (Å²) in [5.74, 6) is -0.797. The lowest BCUT2D eigenvalue weighted by atomic mass is 10.2. The van der Waals surface area contributed by atoms with Crippen LogP contribution in [-0.4, -0.2) is 23.7 Å². The van der Waals surface area contributed by atoms with E-state index in [-0.39, 0.29) is 12.5 Å². The first-order valence-electron chi connectivity index (χ1n) is 6.43. The van der Waals surface area contributed by atoms with Crippen LogP contribution >= 0.6 is 11.3 Å². The van der Waals surface area contributed by atoms with E-state index in [1.54, 1.807) is 11.3 Å². The Balaban J connectivity index is 2.09. The number of carbonyl (C=O) groups is 2. The van der Waals surface area contributed by atoms with Gasteiger partial charge in [0.25, 0.3) is 0 Å². The predicted octanol–water partition coefficient (Wildman–Crippen LogP) is 2.36. The number of aliphatic carboxylic acids is 1. The van der Waals surface area contributed by atoms with E-state index in [2.05, 4.69) is 23.6 Å². The summed E-state index contributed by atoms with van der Waals surface area (Å²) in [6.45, 7) is 3.14. The van der Waals surface area contributed by atoms with Crippen molar-refractivity contribution in [2.24, 2.45) is 0 Å². The van der Waals surface area contributed by atoms with E-state index in [1.165, 1.54) is 4.88 Å². The maximum absolute atomic E-state index is 11.5. The van der Waals surface area contributed by atoms with Crippen molar-refractivity contribution in [2.75, 3.05) is 6.54 Å². The molecule has 0 aliphatic heterocycles. The van der Waals surface area contributed by atoms with Gasteiger partial charge in [-0.25, -0.2) is 4.79 Å². The van der Waals surface area contributed by atoms with Gasteiger partial charge >= 0.3 is 12.0 Å². The summed E-state index contributed by atoms with van der Waals surface area (Å²) in [4.78, 5) is 24.2. The van der Waals surface area contributed by atoms with E-state index in [4.69, 9.17) is 5.11 Å². The molecule has 0 aromatic carbocycles. The van der Waals surface area contributed by atoms with Crippen LogP contribution in [0.1, 0.15) is 35.9 Å². The van der Waals surface area contributed by atoms with Crippen molar-refractivity contribution < 1.29 is 14.7 Å². The molecule has 0 saturated heterocycles. The molecule has 0 atom stereocenters. The normalized spacial score (nSPS) is 10.2. The van der Waals surface area contributed by atoms with E-state index in [0.29, 0.717) is 25.9 Å². The number of carboxylic acid groups (broad SMARTS) is 1. The standard InChI is InChI=1S/C13H20N2O3S/c1-2-10-6-7-11(19-10)9-15-13(18)14-8-4-3-5-12(16)17/h6-7H,2-5,8-9H2,1H3,(H,16,17)(H2,14,15,18). The van der Waals surface area contributed by atoms with Gasteiger partial charge < -0.3 is 15.7 Å². The van der Waals surface area contributed by atoms with Crippen LogP contribution in [0.3, 0.4) is 0 Å². The Hall–Kier alpha value is -1.56. The molecule has 2 amide bonds. The summed E-state index contributed by atoms with van der Waals surface area (Å²) in [6, 6.07) is 3.89. The molecule has 0 aliphatic carbocycles. The highest BCUT2D eigenvalue weighted by atomic mass is 32.1. The van der Waals surface area contributed by atoms with Crippen LogP contribution in [-0.2, 0) is 17.8 Å². The zero-order chi connectivity index (χ0) is 14.1. The van der Waals surface area contributed by atoms with Crippen molar-refractivity contribution in [3.05, 3.63) is 21.9 Å². The van der Waals surface area contributed by atoms with E-state index in [9.17, 15) is 9.59 Å². The highest BCUT2D eigenvalue weighted by molar-refractivity contribution is 7.11. The Kier molecular flexibility index (Phi) is 6.95. The lowest BCUT2D eigenvalue weighted by Crippen LogP contribution is -2.35. The van der Waals surface area contributed by atoms with Gasteiger partial charge in [0.1, 0.15) is 0 Å². The summed E-state index contributed by atoms with van der Waals surface area (Å²) >= 11 is 1.70. The molecule has 1 rings (SSSR count). The largest absolute Gasteiger partial charge is 0.481 e. The van der Waals surface area contributed by atoms with Gasteiger partial charge in [0.05, 0.1) is 6.54 Å². The number of carboxylic acids is 1. The lowest BCUT2D eigenvalue weighted by molar-refractivity contribution is -0.137. The SMILES string of the molecule is CCc1ccc(CNC(=O)NCCCCC(=O)O)s1. The molecule has 1 aromatic heterocycles. The molecule has 0 aliphatic rings. The van der Waals surface area contributed by atoms with Gasteiger partial charge in [0.15, 0.2) is 0 Å². The summed E-state index contributed by atoms with van der Waals surface area (Å²) in [7, 11) is 0. The number of thiophene rings is 1. The Morgan fingerprint density at radius 2 is 1.95 bits per heavy atom. The number of hydrogen-bond acceptors (Lipinski definition) is 3. The van der Waals surface area contributed by atoms with E-state index in [1.807, 2.05) is 6.07 Å². The summed E-state index contributed by atoms with van der Waals surface area (Å²) < 4.78 is 0. The number of urea groups is 1. The molecule has 0 spiro atoms. The molecular weight excluding hydrogens is 264 g/mol. The minimum atomic E-state index is -0.797. The first-order chi connectivity index (χ1) is 9.11. The van der Waals surface area contributed by atoms with Gasteiger partial charge in [-0.2, -0.15) is 0 Å². The van der Waals surface area contributed by atoms with Crippen molar-refractivity contribution in [3.63, 3.8) is 0 Å². The summed E-state index contributed by atoms with van der Waals surface area (Å²) in [6.07, 6.45) is 2.43. The summed E-state index contributed by atoms with van der Waals surface area (Å²) in [5.41, 5.74) is 0. The van der Waals surface area contributed by atoms with Gasteiger partial charge in [0, 0.05) is 22.7 Å². The molecule has 0 saturated carbocycles. The zero-order valence-corrected chi connectivity index (χ0v) is 11.9. The van der Waals surface area contributed by atoms with Crippen LogP contribution in [0.15, 0.2) is 12.1 Å². The maximum atomic E-state index is 11.5. The van der Waals surface area contributed by atoms with Gasteiger partial charge in [-0.1, -0.05) is 6.92 Å². The van der Waals surface area contributed by atoms with Crippen LogP contribution in [0.2, 0.25) is 0 Å². The molecule has 0 radical (unpaired) electrons. The number of hydrogen-bond donors (Lipinski definition) is 3. The van der Waals surface area contributed by atoms with E-state index < -0.39 is 5.97 Å². The fraction of sp³-hybridized carbons (Fsp3) is 0.538. The topological polar surface area (TPSA) is 78.4 Å².